The largest absolute Gasteiger partial charge is 0.316 e. The Kier molecular flexibility index (Phi) is 7.29. The molecule has 1 aromatic carbocycles. The second-order valence-corrected chi connectivity index (χ2v) is 5.15. The Hall–Kier alpha value is -0.600. The molecule has 1 rings (SSSR count). The highest BCUT2D eigenvalue weighted by Gasteiger charge is 2.12. The molecule has 1 aromatic rings. The Bertz CT molecular complexity index is 354. The maximum atomic E-state index is 13.4. The van der Waals surface area contributed by atoms with Gasteiger partial charge in [0.15, 0.2) is 0 Å². The van der Waals surface area contributed by atoms with Crippen molar-refractivity contribution in [2.24, 2.45) is 5.92 Å². The third kappa shape index (κ3) is 4.95. The highest BCUT2D eigenvalue weighted by Crippen LogP contribution is 2.23. The fraction of sp³-hybridized carbons (Fsp3) is 0.600. The first-order valence-corrected chi connectivity index (χ1v) is 7.20. The zero-order chi connectivity index (χ0) is 13.4. The van der Waals surface area contributed by atoms with Crippen LogP contribution in [0.3, 0.4) is 0 Å². The van der Waals surface area contributed by atoms with Gasteiger partial charge in [-0.05, 0) is 49.9 Å². The molecule has 0 aromatic heterocycles. The number of hydrogen-bond acceptors (Lipinski definition) is 1. The number of hydrogen-bond donors (Lipinski definition) is 1. The van der Waals surface area contributed by atoms with Crippen LogP contribution in [0.5, 0.6) is 0 Å². The summed E-state index contributed by atoms with van der Waals surface area (Å²) < 4.78 is 13.4. The van der Waals surface area contributed by atoms with Crippen molar-refractivity contribution in [3.05, 3.63) is 34.6 Å². The molecule has 18 heavy (non-hydrogen) atoms. The lowest BCUT2D eigenvalue weighted by molar-refractivity contribution is 0.438. The van der Waals surface area contributed by atoms with E-state index in [-0.39, 0.29) is 10.8 Å². The molecule has 102 valence electrons. The molecule has 1 unspecified atom stereocenters. The van der Waals surface area contributed by atoms with E-state index in [0.717, 1.165) is 44.3 Å². The molecule has 0 fully saturated rings. The average molecular weight is 272 g/mol. The highest BCUT2D eigenvalue weighted by molar-refractivity contribution is 6.31. The second kappa shape index (κ2) is 8.49. The summed E-state index contributed by atoms with van der Waals surface area (Å²) in [6, 6.07) is 5.07. The predicted molar refractivity (Wildman–Crippen MR) is 76.7 cm³/mol. The van der Waals surface area contributed by atoms with E-state index in [0.29, 0.717) is 5.92 Å². The molecule has 0 radical (unpaired) electrons. The molecule has 1 nitrogen and oxygen atoms in total. The van der Waals surface area contributed by atoms with E-state index in [9.17, 15) is 4.39 Å². The molecule has 0 aliphatic carbocycles. The summed E-state index contributed by atoms with van der Waals surface area (Å²) >= 11 is 6.00. The van der Waals surface area contributed by atoms with Crippen LogP contribution in [0.15, 0.2) is 18.2 Å². The van der Waals surface area contributed by atoms with Crippen LogP contribution >= 0.6 is 11.6 Å². The number of benzene rings is 1. The van der Waals surface area contributed by atoms with Crippen LogP contribution < -0.4 is 5.32 Å². The summed E-state index contributed by atoms with van der Waals surface area (Å²) in [5.41, 5.74) is 0.924. The van der Waals surface area contributed by atoms with E-state index in [4.69, 9.17) is 11.6 Å². The molecule has 0 heterocycles. The Morgan fingerprint density at radius 2 is 2.06 bits per heavy atom. The van der Waals surface area contributed by atoms with Crippen molar-refractivity contribution in [2.45, 2.75) is 39.5 Å². The third-order valence-electron chi connectivity index (χ3n) is 3.10. The monoisotopic (exact) mass is 271 g/mol. The molecule has 0 aliphatic rings. The van der Waals surface area contributed by atoms with Crippen molar-refractivity contribution in [2.75, 3.05) is 13.1 Å². The quantitative estimate of drug-likeness (QED) is 0.690. The van der Waals surface area contributed by atoms with Crippen molar-refractivity contribution >= 4 is 11.6 Å². The maximum absolute atomic E-state index is 13.4. The minimum absolute atomic E-state index is 0.286. The van der Waals surface area contributed by atoms with Crippen molar-refractivity contribution < 1.29 is 4.39 Å². The molecular weight excluding hydrogens is 249 g/mol. The Labute approximate surface area is 115 Å². The van der Waals surface area contributed by atoms with Gasteiger partial charge in [-0.1, -0.05) is 44.0 Å². The molecule has 1 atom stereocenters. The van der Waals surface area contributed by atoms with Crippen LogP contribution in [-0.2, 0) is 6.42 Å². The van der Waals surface area contributed by atoms with Crippen molar-refractivity contribution in [1.82, 2.24) is 5.32 Å². The molecule has 3 heteroatoms. The van der Waals surface area contributed by atoms with Crippen LogP contribution in [0.2, 0.25) is 5.02 Å². The van der Waals surface area contributed by atoms with Gasteiger partial charge in [0.1, 0.15) is 5.82 Å². The summed E-state index contributed by atoms with van der Waals surface area (Å²) in [6.45, 7) is 6.36. The van der Waals surface area contributed by atoms with Gasteiger partial charge < -0.3 is 5.32 Å². The smallest absolute Gasteiger partial charge is 0.142 e. The molecule has 1 N–H and O–H groups in total. The zero-order valence-corrected chi connectivity index (χ0v) is 12.1. The summed E-state index contributed by atoms with van der Waals surface area (Å²) in [7, 11) is 0. The van der Waals surface area contributed by atoms with E-state index in [1.165, 1.54) is 6.07 Å². The van der Waals surface area contributed by atoms with Gasteiger partial charge in [-0.3, -0.25) is 0 Å². The second-order valence-electron chi connectivity index (χ2n) is 4.78. The maximum Gasteiger partial charge on any atom is 0.142 e. The van der Waals surface area contributed by atoms with Gasteiger partial charge in [-0.2, -0.15) is 0 Å². The molecule has 0 saturated carbocycles. The highest BCUT2D eigenvalue weighted by atomic mass is 35.5. The Morgan fingerprint density at radius 3 is 2.72 bits per heavy atom. The van der Waals surface area contributed by atoms with E-state index in [1.54, 1.807) is 6.07 Å². The predicted octanol–water partition coefficient (Wildman–Crippen LogP) is 4.44. The van der Waals surface area contributed by atoms with Crippen LogP contribution in [0, 0.1) is 11.7 Å². The van der Waals surface area contributed by atoms with E-state index in [1.807, 2.05) is 6.07 Å². The SMILES string of the molecule is CCCNCC(CCC)Cc1cccc(F)c1Cl. The number of halogens is 2. The normalized spacial score (nSPS) is 12.7. The summed E-state index contributed by atoms with van der Waals surface area (Å²) in [4.78, 5) is 0. The minimum atomic E-state index is -0.314. The molecule has 0 spiro atoms. The zero-order valence-electron chi connectivity index (χ0n) is 11.3. The molecule has 0 bridgehead atoms. The van der Waals surface area contributed by atoms with E-state index in [2.05, 4.69) is 19.2 Å². The van der Waals surface area contributed by atoms with Crippen molar-refractivity contribution in [1.29, 1.82) is 0 Å². The Balaban J connectivity index is 2.61. The summed E-state index contributed by atoms with van der Waals surface area (Å²) in [5, 5.41) is 3.72. The number of rotatable bonds is 8. The van der Waals surface area contributed by atoms with Crippen LogP contribution in [0.4, 0.5) is 4.39 Å². The summed E-state index contributed by atoms with van der Waals surface area (Å²) in [5.74, 6) is 0.215. The van der Waals surface area contributed by atoms with E-state index < -0.39 is 0 Å². The summed E-state index contributed by atoms with van der Waals surface area (Å²) in [6.07, 6.45) is 4.27. The van der Waals surface area contributed by atoms with Gasteiger partial charge >= 0.3 is 0 Å². The van der Waals surface area contributed by atoms with Gasteiger partial charge in [0.05, 0.1) is 5.02 Å². The lowest BCUT2D eigenvalue weighted by Crippen LogP contribution is -2.25. The fourth-order valence-corrected chi connectivity index (χ4v) is 2.39. The first kappa shape index (κ1) is 15.5. The lowest BCUT2D eigenvalue weighted by Gasteiger charge is -2.17. The molecular formula is C15H23ClFN. The van der Waals surface area contributed by atoms with Gasteiger partial charge in [0, 0.05) is 0 Å². The van der Waals surface area contributed by atoms with Gasteiger partial charge in [0.25, 0.3) is 0 Å². The minimum Gasteiger partial charge on any atom is -0.316 e. The van der Waals surface area contributed by atoms with Crippen molar-refractivity contribution in [3.8, 4) is 0 Å². The van der Waals surface area contributed by atoms with Crippen LogP contribution in [0.1, 0.15) is 38.7 Å². The molecule has 0 aliphatic heterocycles. The van der Waals surface area contributed by atoms with Crippen LogP contribution in [0.25, 0.3) is 0 Å². The van der Waals surface area contributed by atoms with Gasteiger partial charge in [-0.25, -0.2) is 4.39 Å². The fourth-order valence-electron chi connectivity index (χ4n) is 2.18. The number of nitrogens with one attached hydrogen (secondary N) is 1. The lowest BCUT2D eigenvalue weighted by atomic mass is 9.95. The van der Waals surface area contributed by atoms with Gasteiger partial charge in [-0.15, -0.1) is 0 Å². The molecule has 0 saturated heterocycles. The first-order valence-electron chi connectivity index (χ1n) is 6.82. The standard InChI is InChI=1S/C15H23ClFN/c1-3-6-12(11-18-9-4-2)10-13-7-5-8-14(17)15(13)16/h5,7-8,12,18H,3-4,6,9-11H2,1-2H3. The van der Waals surface area contributed by atoms with Crippen LogP contribution in [-0.4, -0.2) is 13.1 Å². The topological polar surface area (TPSA) is 12.0 Å². The average Bonchev–Trinajstić information content (AvgIpc) is 2.35. The van der Waals surface area contributed by atoms with Crippen molar-refractivity contribution in [3.63, 3.8) is 0 Å². The van der Waals surface area contributed by atoms with Gasteiger partial charge in [0.2, 0.25) is 0 Å². The Morgan fingerprint density at radius 1 is 1.28 bits per heavy atom. The molecule has 0 amide bonds. The van der Waals surface area contributed by atoms with E-state index >= 15 is 0 Å². The first-order chi connectivity index (χ1) is 8.69. The third-order valence-corrected chi connectivity index (χ3v) is 3.52.